The average Bonchev–Trinajstić information content (AvgIpc) is 2.99. The van der Waals surface area contributed by atoms with E-state index in [4.69, 9.17) is 0 Å². The molecule has 7 heteroatoms. The van der Waals surface area contributed by atoms with Gasteiger partial charge in [0.05, 0.1) is 7.11 Å². The van der Waals surface area contributed by atoms with E-state index < -0.39 is 11.9 Å². The van der Waals surface area contributed by atoms with Gasteiger partial charge < -0.3 is 10.1 Å². The molecule has 0 saturated carbocycles. The van der Waals surface area contributed by atoms with Crippen molar-refractivity contribution in [1.82, 2.24) is 10.3 Å². The molecular formula is C17H13FN2O3S. The quantitative estimate of drug-likeness (QED) is 0.739. The number of hydrogen-bond acceptors (Lipinski definition) is 5. The largest absolute Gasteiger partial charge is 0.468 e. The van der Waals surface area contributed by atoms with Crippen LogP contribution in [0.4, 0.5) is 4.39 Å². The molecule has 2 aromatic heterocycles. The van der Waals surface area contributed by atoms with Crippen molar-refractivity contribution in [3.8, 4) is 11.1 Å². The molecule has 0 bridgehead atoms. The fraction of sp³-hybridized carbons (Fsp3) is 0.118. The van der Waals surface area contributed by atoms with Gasteiger partial charge in [-0.25, -0.2) is 9.37 Å². The maximum atomic E-state index is 13.2. The number of amides is 1. The molecule has 0 radical (unpaired) electrons. The van der Waals surface area contributed by atoms with Crippen molar-refractivity contribution in [2.45, 2.75) is 0 Å². The molecule has 5 nitrogen and oxygen atoms in total. The Bertz CT molecular complexity index is 906. The number of thiophene rings is 1. The highest BCUT2D eigenvalue weighted by Crippen LogP contribution is 2.37. The first-order chi connectivity index (χ1) is 11.6. The van der Waals surface area contributed by atoms with Crippen LogP contribution in [0.5, 0.6) is 0 Å². The van der Waals surface area contributed by atoms with Crippen LogP contribution in [0.15, 0.2) is 42.6 Å². The third-order valence-corrected chi connectivity index (χ3v) is 4.54. The number of pyridine rings is 1. The van der Waals surface area contributed by atoms with Crippen molar-refractivity contribution in [2.24, 2.45) is 0 Å². The van der Waals surface area contributed by atoms with E-state index in [9.17, 15) is 14.0 Å². The van der Waals surface area contributed by atoms with Crippen LogP contribution < -0.4 is 5.32 Å². The molecule has 122 valence electrons. The van der Waals surface area contributed by atoms with Gasteiger partial charge in [0.2, 0.25) is 0 Å². The lowest BCUT2D eigenvalue weighted by atomic mass is 10.0. The number of hydrogen-bond donors (Lipinski definition) is 1. The van der Waals surface area contributed by atoms with Crippen molar-refractivity contribution in [2.75, 3.05) is 13.7 Å². The van der Waals surface area contributed by atoms with Crippen LogP contribution in [0.1, 0.15) is 9.67 Å². The number of rotatable bonds is 4. The second kappa shape index (κ2) is 6.76. The summed E-state index contributed by atoms with van der Waals surface area (Å²) in [6.07, 6.45) is 1.64. The fourth-order valence-electron chi connectivity index (χ4n) is 2.30. The van der Waals surface area contributed by atoms with Crippen LogP contribution in [0.2, 0.25) is 0 Å². The number of nitrogens with zero attached hydrogens (tertiary/aromatic N) is 1. The summed E-state index contributed by atoms with van der Waals surface area (Å²) in [6, 6.07) is 9.53. The Morgan fingerprint density at radius 3 is 2.71 bits per heavy atom. The second-order valence-electron chi connectivity index (χ2n) is 4.93. The van der Waals surface area contributed by atoms with E-state index in [-0.39, 0.29) is 12.4 Å². The number of benzene rings is 1. The van der Waals surface area contributed by atoms with Crippen molar-refractivity contribution in [3.05, 3.63) is 53.3 Å². The van der Waals surface area contributed by atoms with Gasteiger partial charge in [0.1, 0.15) is 22.1 Å². The lowest BCUT2D eigenvalue weighted by Crippen LogP contribution is -2.29. The van der Waals surface area contributed by atoms with Crippen LogP contribution in [-0.4, -0.2) is 30.5 Å². The van der Waals surface area contributed by atoms with E-state index in [0.717, 1.165) is 5.39 Å². The Morgan fingerprint density at radius 2 is 2.00 bits per heavy atom. The minimum atomic E-state index is -0.536. The summed E-state index contributed by atoms with van der Waals surface area (Å²) in [7, 11) is 1.25. The van der Waals surface area contributed by atoms with Gasteiger partial charge in [0.15, 0.2) is 0 Å². The number of fused-ring (bicyclic) bond motifs is 1. The van der Waals surface area contributed by atoms with Crippen molar-refractivity contribution in [3.63, 3.8) is 0 Å². The van der Waals surface area contributed by atoms with E-state index in [0.29, 0.717) is 20.8 Å². The van der Waals surface area contributed by atoms with Crippen molar-refractivity contribution in [1.29, 1.82) is 0 Å². The zero-order valence-corrected chi connectivity index (χ0v) is 13.5. The minimum Gasteiger partial charge on any atom is -0.468 e. The first-order valence-electron chi connectivity index (χ1n) is 7.08. The van der Waals surface area contributed by atoms with Crippen LogP contribution >= 0.6 is 11.3 Å². The Kier molecular flexibility index (Phi) is 4.52. The first-order valence-corrected chi connectivity index (χ1v) is 7.90. The molecule has 0 aliphatic rings. The second-order valence-corrected chi connectivity index (χ2v) is 5.93. The molecule has 0 aliphatic heterocycles. The number of methoxy groups -OCH3 is 1. The molecule has 1 N–H and O–H groups in total. The summed E-state index contributed by atoms with van der Waals surface area (Å²) in [5.74, 6) is -1.29. The number of ether oxygens (including phenoxy) is 1. The smallest absolute Gasteiger partial charge is 0.325 e. The van der Waals surface area contributed by atoms with Gasteiger partial charge >= 0.3 is 5.97 Å². The van der Waals surface area contributed by atoms with Gasteiger partial charge in [0, 0.05) is 17.1 Å². The molecule has 0 fully saturated rings. The molecule has 0 saturated heterocycles. The van der Waals surface area contributed by atoms with E-state index in [1.54, 1.807) is 24.4 Å². The standard InChI is InChI=1S/C17H13FN2O3S/c1-23-13(21)9-20-16(22)15-14(10-4-6-11(18)7-5-10)12-3-2-8-19-17(12)24-15/h2-8H,9H2,1H3,(H,20,22). The van der Waals surface area contributed by atoms with Gasteiger partial charge in [-0.2, -0.15) is 0 Å². The van der Waals surface area contributed by atoms with Gasteiger partial charge in [-0.15, -0.1) is 11.3 Å². The number of esters is 1. The summed E-state index contributed by atoms with van der Waals surface area (Å²) in [5, 5.41) is 3.33. The predicted molar refractivity (Wildman–Crippen MR) is 89.4 cm³/mol. The lowest BCUT2D eigenvalue weighted by molar-refractivity contribution is -0.139. The maximum absolute atomic E-state index is 13.2. The molecule has 0 aliphatic carbocycles. The summed E-state index contributed by atoms with van der Waals surface area (Å²) < 4.78 is 17.7. The van der Waals surface area contributed by atoms with Crippen LogP contribution in [-0.2, 0) is 9.53 Å². The topological polar surface area (TPSA) is 68.3 Å². The van der Waals surface area contributed by atoms with Gasteiger partial charge in [-0.3, -0.25) is 9.59 Å². The summed E-state index contributed by atoms with van der Waals surface area (Å²) in [4.78, 5) is 29.1. The number of halogens is 1. The summed E-state index contributed by atoms with van der Waals surface area (Å²) in [6.45, 7) is -0.222. The molecule has 0 spiro atoms. The average molecular weight is 344 g/mol. The van der Waals surface area contributed by atoms with Crippen molar-refractivity contribution < 1.29 is 18.7 Å². The number of aromatic nitrogens is 1. The Morgan fingerprint density at radius 1 is 1.25 bits per heavy atom. The van der Waals surface area contributed by atoms with Gasteiger partial charge in [0.25, 0.3) is 5.91 Å². The highest BCUT2D eigenvalue weighted by Gasteiger charge is 2.20. The van der Waals surface area contributed by atoms with Crippen LogP contribution in [0.3, 0.4) is 0 Å². The fourth-order valence-corrected chi connectivity index (χ4v) is 3.38. The third-order valence-electron chi connectivity index (χ3n) is 3.43. The first kappa shape index (κ1) is 16.1. The molecule has 2 heterocycles. The number of carbonyl (C=O) groups is 2. The Balaban J connectivity index is 2.06. The normalized spacial score (nSPS) is 10.6. The predicted octanol–water partition coefficient (Wildman–Crippen LogP) is 3.01. The molecule has 1 amide bonds. The molecular weight excluding hydrogens is 331 g/mol. The summed E-state index contributed by atoms with van der Waals surface area (Å²) in [5.41, 5.74) is 1.38. The Hall–Kier alpha value is -2.80. The SMILES string of the molecule is COC(=O)CNC(=O)c1sc2ncccc2c1-c1ccc(F)cc1. The molecule has 3 aromatic rings. The Labute approximate surface area is 141 Å². The van der Waals surface area contributed by atoms with E-state index in [1.165, 1.54) is 30.6 Å². The third kappa shape index (κ3) is 3.11. The molecule has 0 atom stereocenters. The summed E-state index contributed by atoms with van der Waals surface area (Å²) >= 11 is 1.22. The zero-order valence-electron chi connectivity index (χ0n) is 12.7. The van der Waals surface area contributed by atoms with E-state index >= 15 is 0 Å². The van der Waals surface area contributed by atoms with Crippen LogP contribution in [0.25, 0.3) is 21.3 Å². The van der Waals surface area contributed by atoms with Gasteiger partial charge in [-0.1, -0.05) is 12.1 Å². The van der Waals surface area contributed by atoms with Crippen molar-refractivity contribution >= 4 is 33.4 Å². The van der Waals surface area contributed by atoms with Crippen LogP contribution in [0, 0.1) is 5.82 Å². The number of carbonyl (C=O) groups excluding carboxylic acids is 2. The molecule has 24 heavy (non-hydrogen) atoms. The van der Waals surface area contributed by atoms with E-state index in [2.05, 4.69) is 15.0 Å². The minimum absolute atomic E-state index is 0.222. The monoisotopic (exact) mass is 344 g/mol. The highest BCUT2D eigenvalue weighted by molar-refractivity contribution is 7.21. The highest BCUT2D eigenvalue weighted by atomic mass is 32.1. The maximum Gasteiger partial charge on any atom is 0.325 e. The molecule has 1 aromatic carbocycles. The van der Waals surface area contributed by atoms with E-state index in [1.807, 2.05) is 6.07 Å². The van der Waals surface area contributed by atoms with Gasteiger partial charge in [-0.05, 0) is 29.8 Å². The molecule has 0 unspecified atom stereocenters. The zero-order chi connectivity index (χ0) is 17.1. The lowest BCUT2D eigenvalue weighted by Gasteiger charge is -2.06. The number of nitrogens with one attached hydrogen (secondary N) is 1. The molecule has 3 rings (SSSR count).